The van der Waals surface area contributed by atoms with Gasteiger partial charge in [0.25, 0.3) is 0 Å². The summed E-state index contributed by atoms with van der Waals surface area (Å²) >= 11 is 0. The molecule has 136 valence electrons. The smallest absolute Gasteiger partial charge is 0.243 e. The van der Waals surface area contributed by atoms with Gasteiger partial charge in [0.05, 0.1) is 18.9 Å². The van der Waals surface area contributed by atoms with Crippen molar-refractivity contribution in [2.75, 3.05) is 13.2 Å². The van der Waals surface area contributed by atoms with Crippen molar-refractivity contribution in [1.29, 1.82) is 0 Å². The maximum Gasteiger partial charge on any atom is 0.243 e. The summed E-state index contributed by atoms with van der Waals surface area (Å²) in [4.78, 5) is 26.6. The van der Waals surface area contributed by atoms with Crippen LogP contribution in [0.25, 0.3) is 0 Å². The lowest BCUT2D eigenvalue weighted by Crippen LogP contribution is -2.46. The molecule has 0 aromatic rings. The Kier molecular flexibility index (Phi) is 5.91. The van der Waals surface area contributed by atoms with E-state index in [1.54, 1.807) is 12.4 Å². The Morgan fingerprint density at radius 3 is 3.04 bits per heavy atom. The molecular formula is C19H24N6O. The molecule has 0 spiro atoms. The Morgan fingerprint density at radius 2 is 2.23 bits per heavy atom. The summed E-state index contributed by atoms with van der Waals surface area (Å²) in [7, 11) is 0. The number of aliphatic imine (C=N–C) groups is 3. The lowest BCUT2D eigenvalue weighted by Gasteiger charge is -2.24. The molecule has 1 amide bonds. The van der Waals surface area contributed by atoms with Crippen LogP contribution in [0.15, 0.2) is 64.0 Å². The van der Waals surface area contributed by atoms with E-state index in [0.29, 0.717) is 13.2 Å². The molecule has 26 heavy (non-hydrogen) atoms. The Labute approximate surface area is 153 Å². The first-order valence-electron chi connectivity index (χ1n) is 8.76. The van der Waals surface area contributed by atoms with Gasteiger partial charge in [0.1, 0.15) is 5.84 Å². The molecule has 2 heterocycles. The van der Waals surface area contributed by atoms with Crippen molar-refractivity contribution in [2.24, 2.45) is 15.0 Å². The van der Waals surface area contributed by atoms with Gasteiger partial charge in [0.15, 0.2) is 0 Å². The molecule has 2 unspecified atom stereocenters. The summed E-state index contributed by atoms with van der Waals surface area (Å²) in [5.74, 6) is 0.698. The molecule has 0 saturated heterocycles. The third-order valence-corrected chi connectivity index (χ3v) is 4.65. The number of hydrogen-bond acceptors (Lipinski definition) is 5. The maximum atomic E-state index is 11.6. The van der Waals surface area contributed by atoms with Crippen molar-refractivity contribution in [3.05, 3.63) is 49.0 Å². The SMILES string of the molecule is C=CC(=O)NC1CCCC1NCN=C1/C(=C\N=C)C=CC2=NC=CN1C2. The Bertz CT molecular complexity index is 730. The first-order chi connectivity index (χ1) is 12.7. The van der Waals surface area contributed by atoms with Gasteiger partial charge in [-0.1, -0.05) is 6.58 Å². The van der Waals surface area contributed by atoms with Crippen LogP contribution < -0.4 is 10.6 Å². The quantitative estimate of drug-likeness (QED) is 0.562. The van der Waals surface area contributed by atoms with Crippen LogP contribution in [0.5, 0.6) is 0 Å². The van der Waals surface area contributed by atoms with Crippen LogP contribution in [0, 0.1) is 0 Å². The number of fused-ring (bicyclic) bond motifs is 2. The second-order valence-corrected chi connectivity index (χ2v) is 6.35. The molecule has 1 saturated carbocycles. The Morgan fingerprint density at radius 1 is 1.38 bits per heavy atom. The number of nitrogens with one attached hydrogen (secondary N) is 2. The van der Waals surface area contributed by atoms with E-state index in [4.69, 9.17) is 4.99 Å². The van der Waals surface area contributed by atoms with E-state index < -0.39 is 0 Å². The van der Waals surface area contributed by atoms with Crippen LogP contribution >= 0.6 is 0 Å². The molecule has 2 atom stereocenters. The summed E-state index contributed by atoms with van der Waals surface area (Å²) in [6.07, 6.45) is 13.7. The van der Waals surface area contributed by atoms with E-state index in [9.17, 15) is 4.79 Å². The molecule has 3 aliphatic rings. The van der Waals surface area contributed by atoms with Gasteiger partial charge < -0.3 is 10.2 Å². The number of nitrogens with zero attached hydrogens (tertiary/aromatic N) is 4. The lowest BCUT2D eigenvalue weighted by atomic mass is 10.2. The van der Waals surface area contributed by atoms with Crippen molar-refractivity contribution in [3.8, 4) is 0 Å². The first-order valence-corrected chi connectivity index (χ1v) is 8.76. The van der Waals surface area contributed by atoms with Gasteiger partial charge in [0, 0.05) is 36.3 Å². The number of amidine groups is 1. The van der Waals surface area contributed by atoms with Crippen molar-refractivity contribution >= 4 is 24.2 Å². The van der Waals surface area contributed by atoms with Crippen LogP contribution in [0.1, 0.15) is 19.3 Å². The average molecular weight is 352 g/mol. The van der Waals surface area contributed by atoms with E-state index in [0.717, 1.165) is 36.4 Å². The summed E-state index contributed by atoms with van der Waals surface area (Å²) in [5.41, 5.74) is 1.87. The van der Waals surface area contributed by atoms with Gasteiger partial charge in [-0.15, -0.1) is 0 Å². The summed E-state index contributed by atoms with van der Waals surface area (Å²) < 4.78 is 0. The van der Waals surface area contributed by atoms with Crippen molar-refractivity contribution in [3.63, 3.8) is 0 Å². The zero-order chi connectivity index (χ0) is 18.4. The third-order valence-electron chi connectivity index (χ3n) is 4.65. The molecule has 2 bridgehead atoms. The van der Waals surface area contributed by atoms with E-state index in [1.165, 1.54) is 6.08 Å². The molecule has 1 aliphatic carbocycles. The lowest BCUT2D eigenvalue weighted by molar-refractivity contribution is -0.117. The third kappa shape index (κ3) is 4.23. The fourth-order valence-electron chi connectivity index (χ4n) is 3.38. The van der Waals surface area contributed by atoms with Crippen LogP contribution in [0.2, 0.25) is 0 Å². The first kappa shape index (κ1) is 18.0. The van der Waals surface area contributed by atoms with Crippen LogP contribution in [-0.2, 0) is 4.79 Å². The number of rotatable bonds is 6. The van der Waals surface area contributed by atoms with Gasteiger partial charge in [-0.2, -0.15) is 0 Å². The number of carbonyl (C=O) groups excluding carboxylic acids is 1. The van der Waals surface area contributed by atoms with Crippen molar-refractivity contribution in [1.82, 2.24) is 15.5 Å². The van der Waals surface area contributed by atoms with Crippen LogP contribution in [0.4, 0.5) is 0 Å². The fraction of sp³-hybridized carbons (Fsp3) is 0.368. The molecule has 1 fully saturated rings. The van der Waals surface area contributed by atoms with E-state index >= 15 is 0 Å². The minimum Gasteiger partial charge on any atom is -0.348 e. The summed E-state index contributed by atoms with van der Waals surface area (Å²) in [5, 5.41) is 6.44. The van der Waals surface area contributed by atoms with Gasteiger partial charge in [0.2, 0.25) is 5.91 Å². The van der Waals surface area contributed by atoms with Gasteiger partial charge in [-0.05, 0) is 44.2 Å². The zero-order valence-electron chi connectivity index (χ0n) is 14.8. The monoisotopic (exact) mass is 352 g/mol. The molecule has 7 nitrogen and oxygen atoms in total. The molecule has 2 N–H and O–H groups in total. The molecule has 2 aliphatic heterocycles. The standard InChI is InChI=1S/C19H24N6O/c1-3-18(26)24-17-6-4-5-16(17)22-13-23-19-14(11-20-2)7-8-15-12-25(19)10-9-21-15/h3,7-11,16-17,22H,1-2,4-6,12-13H2,(H,24,26)/b14-11-,23-19?. The number of carbonyl (C=O) groups is 1. The molecule has 7 heteroatoms. The molecule has 0 aromatic heterocycles. The van der Waals surface area contributed by atoms with E-state index in [1.807, 2.05) is 23.3 Å². The van der Waals surface area contributed by atoms with Gasteiger partial charge in [-0.25, -0.2) is 0 Å². The van der Waals surface area contributed by atoms with Crippen LogP contribution in [0.3, 0.4) is 0 Å². The highest BCUT2D eigenvalue weighted by molar-refractivity contribution is 6.10. The normalized spacial score (nSPS) is 27.4. The van der Waals surface area contributed by atoms with Crippen LogP contribution in [-0.4, -0.2) is 54.4 Å². The van der Waals surface area contributed by atoms with Gasteiger partial charge >= 0.3 is 0 Å². The minimum atomic E-state index is -0.128. The molecule has 0 aromatic carbocycles. The summed E-state index contributed by atoms with van der Waals surface area (Å²) in [6.45, 7) is 8.20. The average Bonchev–Trinajstić information content (AvgIpc) is 3.05. The van der Waals surface area contributed by atoms with E-state index in [2.05, 4.69) is 33.9 Å². The van der Waals surface area contributed by atoms with E-state index in [-0.39, 0.29) is 18.0 Å². The summed E-state index contributed by atoms with van der Waals surface area (Å²) in [6, 6.07) is 0.330. The highest BCUT2D eigenvalue weighted by atomic mass is 16.1. The van der Waals surface area contributed by atoms with Crippen molar-refractivity contribution in [2.45, 2.75) is 31.3 Å². The minimum absolute atomic E-state index is 0.119. The second kappa shape index (κ2) is 8.53. The Balaban J connectivity index is 1.69. The highest BCUT2D eigenvalue weighted by Crippen LogP contribution is 2.19. The zero-order valence-corrected chi connectivity index (χ0v) is 14.8. The molecule has 3 rings (SSSR count). The Hall–Kier alpha value is -2.80. The predicted octanol–water partition coefficient (Wildman–Crippen LogP) is 1.54. The predicted molar refractivity (Wildman–Crippen MR) is 105 cm³/mol. The fourth-order valence-corrected chi connectivity index (χ4v) is 3.38. The largest absolute Gasteiger partial charge is 0.348 e. The number of hydrogen-bond donors (Lipinski definition) is 2. The second-order valence-electron chi connectivity index (χ2n) is 6.35. The number of amides is 1. The molecule has 0 radical (unpaired) electrons. The maximum absolute atomic E-state index is 11.6. The van der Waals surface area contributed by atoms with Gasteiger partial charge in [-0.3, -0.25) is 25.1 Å². The van der Waals surface area contributed by atoms with Crippen molar-refractivity contribution < 1.29 is 4.79 Å². The topological polar surface area (TPSA) is 81.4 Å². The highest BCUT2D eigenvalue weighted by Gasteiger charge is 2.27. The molecular weight excluding hydrogens is 328 g/mol.